The second-order valence-corrected chi connectivity index (χ2v) is 8.74. The van der Waals surface area contributed by atoms with E-state index in [2.05, 4.69) is 35.7 Å². The van der Waals surface area contributed by atoms with E-state index in [4.69, 9.17) is 21.7 Å². The minimum Gasteiger partial charge on any atom is -0.385 e. The molecule has 28 heavy (non-hydrogen) atoms. The van der Waals surface area contributed by atoms with Gasteiger partial charge in [-0.25, -0.2) is 4.98 Å². The van der Waals surface area contributed by atoms with Gasteiger partial charge < -0.3 is 9.64 Å². The Kier molecular flexibility index (Phi) is 5.88. The molecule has 2 aliphatic heterocycles. The predicted octanol–water partition coefficient (Wildman–Crippen LogP) is 3.99. The van der Waals surface area contributed by atoms with E-state index in [0.29, 0.717) is 17.8 Å². The number of halogens is 2. The fourth-order valence-corrected chi connectivity index (χ4v) is 5.28. The highest BCUT2D eigenvalue weighted by Gasteiger charge is 2.42. The number of anilines is 1. The molecule has 2 bridgehead atoms. The summed E-state index contributed by atoms with van der Waals surface area (Å²) in [6.45, 7) is 5.88. The van der Waals surface area contributed by atoms with E-state index in [1.54, 1.807) is 7.11 Å². The van der Waals surface area contributed by atoms with Gasteiger partial charge in [0.2, 0.25) is 5.28 Å². The van der Waals surface area contributed by atoms with Crippen molar-refractivity contribution in [3.8, 4) is 0 Å². The van der Waals surface area contributed by atoms with E-state index in [0.717, 1.165) is 72.6 Å². The van der Waals surface area contributed by atoms with Crippen molar-refractivity contribution in [3.63, 3.8) is 0 Å². The topological polar surface area (TPSA) is 65.3 Å². The second-order valence-electron chi connectivity index (χ2n) is 7.54. The molecule has 2 fully saturated rings. The van der Waals surface area contributed by atoms with Crippen LogP contribution in [0.5, 0.6) is 0 Å². The third-order valence-corrected chi connectivity index (χ3v) is 6.64. The lowest BCUT2D eigenvalue weighted by atomic mass is 9.93. The van der Waals surface area contributed by atoms with Crippen LogP contribution in [0.2, 0.25) is 5.28 Å². The zero-order valence-corrected chi connectivity index (χ0v) is 18.6. The van der Waals surface area contributed by atoms with Crippen molar-refractivity contribution in [1.82, 2.24) is 14.9 Å². The summed E-state index contributed by atoms with van der Waals surface area (Å²) < 4.78 is 5.93. The van der Waals surface area contributed by atoms with Gasteiger partial charge in [-0.2, -0.15) is 4.98 Å². The quantitative estimate of drug-likeness (QED) is 0.525. The van der Waals surface area contributed by atoms with Crippen molar-refractivity contribution in [2.24, 2.45) is 0 Å². The molecule has 3 heterocycles. The third kappa shape index (κ3) is 3.54. The van der Waals surface area contributed by atoms with Crippen molar-refractivity contribution < 1.29 is 4.74 Å². The van der Waals surface area contributed by atoms with Gasteiger partial charge in [-0.3, -0.25) is 10.3 Å². The predicted molar refractivity (Wildman–Crippen MR) is 118 cm³/mol. The van der Waals surface area contributed by atoms with Crippen LogP contribution < -0.4 is 4.90 Å². The number of nitrogens with one attached hydrogen (secondary N) is 1. The molecule has 3 aliphatic rings. The Hall–Kier alpha value is -1.28. The van der Waals surface area contributed by atoms with Gasteiger partial charge in [-0.15, -0.1) is 0 Å². The maximum atomic E-state index is 8.48. The van der Waals surface area contributed by atoms with E-state index in [1.165, 1.54) is 0 Å². The third-order valence-electron chi connectivity index (χ3n) is 5.85. The summed E-state index contributed by atoms with van der Waals surface area (Å²) >= 11 is 9.80. The first-order valence-corrected chi connectivity index (χ1v) is 10.9. The first-order valence-electron chi connectivity index (χ1n) is 9.73. The molecule has 1 aromatic heterocycles. The van der Waals surface area contributed by atoms with Gasteiger partial charge in [0.25, 0.3) is 0 Å². The Bertz CT molecular complexity index is 841. The molecular weight excluding hydrogens is 442 g/mol. The number of aromatic nitrogens is 2. The molecule has 150 valence electrons. The van der Waals surface area contributed by atoms with Crippen molar-refractivity contribution in [2.45, 2.75) is 38.3 Å². The Labute approximate surface area is 179 Å². The molecule has 0 aromatic carbocycles. The van der Waals surface area contributed by atoms with Crippen molar-refractivity contribution >= 4 is 50.7 Å². The van der Waals surface area contributed by atoms with Crippen molar-refractivity contribution in [2.75, 3.05) is 38.3 Å². The first-order chi connectivity index (χ1) is 13.5. The monoisotopic (exact) mass is 465 g/mol. The number of ether oxygens (including phenoxy) is 1. The highest BCUT2D eigenvalue weighted by atomic mass is 79.9. The van der Waals surface area contributed by atoms with Crippen LogP contribution in [0, 0.1) is 5.41 Å². The van der Waals surface area contributed by atoms with Gasteiger partial charge in [0.15, 0.2) is 0 Å². The average Bonchev–Trinajstić information content (AvgIpc) is 2.93. The molecule has 1 aliphatic carbocycles. The number of piperazine rings is 1. The van der Waals surface area contributed by atoms with Crippen LogP contribution in [0.3, 0.4) is 0 Å². The molecule has 0 radical (unpaired) electrons. The van der Waals surface area contributed by atoms with Gasteiger partial charge in [-0.05, 0) is 59.8 Å². The fraction of sp³-hybridized carbons (Fsp3) is 0.550. The Morgan fingerprint density at radius 1 is 1.32 bits per heavy atom. The van der Waals surface area contributed by atoms with Crippen LogP contribution in [-0.4, -0.2) is 66.0 Å². The van der Waals surface area contributed by atoms with Crippen LogP contribution in [0.25, 0.3) is 11.6 Å². The van der Waals surface area contributed by atoms with Crippen LogP contribution in [0.15, 0.2) is 10.6 Å². The zero-order valence-electron chi connectivity index (χ0n) is 16.2. The lowest BCUT2D eigenvalue weighted by molar-refractivity contribution is 0.159. The summed E-state index contributed by atoms with van der Waals surface area (Å²) in [6.07, 6.45) is 7.22. The molecule has 4 rings (SSSR count). The number of likely N-dealkylation sites (tertiary alicyclic amines) is 1. The zero-order chi connectivity index (χ0) is 19.8. The van der Waals surface area contributed by atoms with Crippen LogP contribution in [-0.2, 0) is 4.74 Å². The summed E-state index contributed by atoms with van der Waals surface area (Å²) in [7, 11) is 1.76. The van der Waals surface area contributed by atoms with Gasteiger partial charge in [0.1, 0.15) is 5.82 Å². The maximum Gasteiger partial charge on any atom is 0.224 e. The number of rotatable bonds is 5. The number of hydrogen-bond acceptors (Lipinski definition) is 6. The number of fused-ring (bicyclic) bond motifs is 3. The molecule has 2 saturated heterocycles. The average molecular weight is 467 g/mol. The smallest absolute Gasteiger partial charge is 0.224 e. The summed E-state index contributed by atoms with van der Waals surface area (Å²) in [4.78, 5) is 14.1. The fourth-order valence-electron chi connectivity index (χ4n) is 4.67. The number of nitrogens with zero attached hydrogens (tertiary/aromatic N) is 4. The minimum absolute atomic E-state index is 0.260. The number of allylic oxidation sites excluding steroid dienone is 3. The normalized spacial score (nSPS) is 26.0. The molecule has 6 nitrogen and oxygen atoms in total. The lowest BCUT2D eigenvalue weighted by Crippen LogP contribution is -2.54. The molecule has 1 aromatic rings. The molecule has 0 saturated carbocycles. The van der Waals surface area contributed by atoms with Gasteiger partial charge in [0, 0.05) is 55.5 Å². The molecule has 0 spiro atoms. The summed E-state index contributed by atoms with van der Waals surface area (Å²) in [5.41, 5.74) is 3.04. The van der Waals surface area contributed by atoms with E-state index in [-0.39, 0.29) is 5.28 Å². The number of hydrogen-bond donors (Lipinski definition) is 1. The van der Waals surface area contributed by atoms with E-state index >= 15 is 0 Å². The molecule has 2 atom stereocenters. The SMILES string of the molecule is C/C=C1\C(=N)C(Br)=Cc2nc(Cl)nc(N3C4CCC3CN(CCCOC)C4)c21. The van der Waals surface area contributed by atoms with Gasteiger partial charge in [-0.1, -0.05) is 6.08 Å². The molecule has 8 heteroatoms. The van der Waals surface area contributed by atoms with Gasteiger partial charge >= 0.3 is 0 Å². The van der Waals surface area contributed by atoms with E-state index in [9.17, 15) is 0 Å². The molecular formula is C20H25BrClN5O. The minimum atomic E-state index is 0.260. The molecule has 1 N–H and O–H groups in total. The molecule has 2 unspecified atom stereocenters. The summed E-state index contributed by atoms with van der Waals surface area (Å²) in [5.74, 6) is 0.883. The van der Waals surface area contributed by atoms with Crippen molar-refractivity contribution in [1.29, 1.82) is 5.41 Å². The van der Waals surface area contributed by atoms with Crippen molar-refractivity contribution in [3.05, 3.63) is 27.1 Å². The lowest BCUT2D eigenvalue weighted by Gasteiger charge is -2.43. The number of methoxy groups -OCH3 is 1. The summed E-state index contributed by atoms with van der Waals surface area (Å²) in [5, 5.41) is 8.74. The standard InChI is InChI=1S/C20H25BrClN5O/c1-3-14-17-16(9-15(21)18(14)23)24-20(22)25-19(17)27-12-5-6-13(27)11-26(10-12)7-4-8-28-2/h3,9,12-13,23H,4-8,10-11H2,1-2H3/b14-3-,23-18?. The molecule has 0 amide bonds. The highest BCUT2D eigenvalue weighted by molar-refractivity contribution is 9.12. The van der Waals surface area contributed by atoms with E-state index < -0.39 is 0 Å². The first kappa shape index (κ1) is 20.0. The van der Waals surface area contributed by atoms with Crippen LogP contribution >= 0.6 is 27.5 Å². The Morgan fingerprint density at radius 2 is 2.04 bits per heavy atom. The van der Waals surface area contributed by atoms with Gasteiger partial charge in [0.05, 0.1) is 17.0 Å². The Morgan fingerprint density at radius 3 is 2.68 bits per heavy atom. The van der Waals surface area contributed by atoms with E-state index in [1.807, 2.05) is 19.1 Å². The largest absolute Gasteiger partial charge is 0.385 e. The Balaban J connectivity index is 1.69. The maximum absolute atomic E-state index is 8.48. The second kappa shape index (κ2) is 8.22. The van der Waals surface area contributed by atoms with Crippen LogP contribution in [0.1, 0.15) is 37.4 Å². The summed E-state index contributed by atoms with van der Waals surface area (Å²) in [6, 6.07) is 0.830. The highest BCUT2D eigenvalue weighted by Crippen LogP contribution is 2.42. The van der Waals surface area contributed by atoms with Crippen LogP contribution in [0.4, 0.5) is 5.82 Å².